The fraction of sp³-hybridized carbons (Fsp3) is 0.379. The van der Waals surface area contributed by atoms with Gasteiger partial charge in [0.15, 0.2) is 11.2 Å². The number of carboxylic acid groups (broad SMARTS) is 3. The molecular weight excluding hydrogens is 634 g/mol. The third-order valence-electron chi connectivity index (χ3n) is 6.86. The first-order chi connectivity index (χ1) is 22.7. The Labute approximate surface area is 271 Å². The maximum atomic E-state index is 12.7. The molecule has 10 N–H and O–H groups in total. The zero-order valence-electron chi connectivity index (χ0n) is 25.7. The monoisotopic (exact) mass is 669 g/mol. The van der Waals surface area contributed by atoms with Crippen LogP contribution in [0.3, 0.4) is 0 Å². The molecule has 3 amide bonds. The maximum Gasteiger partial charge on any atom is 0.326 e. The number of fused-ring (bicyclic) bond motifs is 1. The molecule has 0 saturated heterocycles. The van der Waals surface area contributed by atoms with E-state index in [0.29, 0.717) is 11.4 Å². The maximum absolute atomic E-state index is 12.7. The Morgan fingerprint density at radius 2 is 1.44 bits per heavy atom. The van der Waals surface area contributed by atoms with Crippen molar-refractivity contribution >= 4 is 58.4 Å². The number of nitrogens with two attached hydrogens (primary N) is 1. The Kier molecular flexibility index (Phi) is 12.8. The fourth-order valence-electron chi connectivity index (χ4n) is 4.32. The molecule has 0 aliphatic rings. The number of hydrogen-bond acceptors (Lipinski definition) is 12. The van der Waals surface area contributed by atoms with Gasteiger partial charge < -0.3 is 42.3 Å². The number of rotatable bonds is 18. The van der Waals surface area contributed by atoms with Gasteiger partial charge in [-0.2, -0.15) is 4.98 Å². The van der Waals surface area contributed by atoms with Crippen LogP contribution in [0.4, 0.5) is 11.6 Å². The zero-order valence-corrected chi connectivity index (χ0v) is 25.7. The molecule has 3 atom stereocenters. The highest BCUT2D eigenvalue weighted by molar-refractivity contribution is 5.97. The minimum atomic E-state index is -1.47. The lowest BCUT2D eigenvalue weighted by Crippen LogP contribution is -2.44. The normalized spacial score (nSPS) is 12.7. The van der Waals surface area contributed by atoms with Gasteiger partial charge in [0, 0.05) is 36.6 Å². The van der Waals surface area contributed by atoms with Crippen LogP contribution in [0.25, 0.3) is 11.2 Å². The number of aromatic amines is 1. The predicted octanol–water partition coefficient (Wildman–Crippen LogP) is -0.410. The Bertz CT molecular complexity index is 1730. The molecule has 19 heteroatoms. The number of nitrogen functional groups attached to an aromatic ring is 1. The van der Waals surface area contributed by atoms with Crippen molar-refractivity contribution in [1.29, 1.82) is 0 Å². The molecule has 2 aromatic heterocycles. The third kappa shape index (κ3) is 11.3. The molecule has 0 spiro atoms. The summed E-state index contributed by atoms with van der Waals surface area (Å²) in [4.78, 5) is 97.9. The Morgan fingerprint density at radius 1 is 0.833 bits per heavy atom. The molecule has 256 valence electrons. The SMILES string of the molecule is C[C@H](CCC(=O)O)NC(=O)CC[C@@H](NC(=O)CC[C@H](NC(=O)c1ccc(NCc2cnc3nc(N)[nH]c(=O)c3n2)cc1)C(=O)O)C(=O)O. The molecule has 19 nitrogen and oxygen atoms in total. The summed E-state index contributed by atoms with van der Waals surface area (Å²) in [5.74, 6) is -5.96. The number of amides is 3. The molecule has 0 unspecified atom stereocenters. The number of anilines is 2. The van der Waals surface area contributed by atoms with E-state index in [1.54, 1.807) is 19.1 Å². The Morgan fingerprint density at radius 3 is 2.04 bits per heavy atom. The highest BCUT2D eigenvalue weighted by atomic mass is 16.4. The van der Waals surface area contributed by atoms with Crippen LogP contribution < -0.4 is 32.6 Å². The van der Waals surface area contributed by atoms with Crippen molar-refractivity contribution in [2.45, 2.75) is 70.1 Å². The third-order valence-corrected chi connectivity index (χ3v) is 6.86. The minimum Gasteiger partial charge on any atom is -0.481 e. The molecule has 1 aromatic carbocycles. The van der Waals surface area contributed by atoms with Crippen molar-refractivity contribution in [3.63, 3.8) is 0 Å². The molecule has 0 saturated carbocycles. The van der Waals surface area contributed by atoms with Gasteiger partial charge in [0.25, 0.3) is 11.5 Å². The zero-order chi connectivity index (χ0) is 35.4. The van der Waals surface area contributed by atoms with Crippen LogP contribution in [0.2, 0.25) is 0 Å². The number of aliphatic carboxylic acids is 3. The molecule has 0 radical (unpaired) electrons. The molecule has 3 aromatic rings. The molecule has 2 heterocycles. The quantitative estimate of drug-likeness (QED) is 0.0831. The van der Waals surface area contributed by atoms with Crippen LogP contribution in [0, 0.1) is 0 Å². The summed E-state index contributed by atoms with van der Waals surface area (Å²) in [5, 5.41) is 37.9. The van der Waals surface area contributed by atoms with Crippen LogP contribution in [-0.4, -0.2) is 89.0 Å². The summed E-state index contributed by atoms with van der Waals surface area (Å²) in [5.41, 5.74) is 6.20. The van der Waals surface area contributed by atoms with Crippen molar-refractivity contribution in [3.8, 4) is 0 Å². The topological polar surface area (TPSA) is 309 Å². The summed E-state index contributed by atoms with van der Waals surface area (Å²) in [6.07, 6.45) is 0.155. The Hall–Kier alpha value is -6.14. The number of H-pyrrole nitrogens is 1. The molecule has 0 fully saturated rings. The van der Waals surface area contributed by atoms with Gasteiger partial charge in [0.1, 0.15) is 12.1 Å². The first-order valence-corrected chi connectivity index (χ1v) is 14.6. The highest BCUT2D eigenvalue weighted by Gasteiger charge is 2.25. The minimum absolute atomic E-state index is 0.0183. The summed E-state index contributed by atoms with van der Waals surface area (Å²) >= 11 is 0. The van der Waals surface area contributed by atoms with E-state index in [2.05, 4.69) is 41.2 Å². The predicted molar refractivity (Wildman–Crippen MR) is 168 cm³/mol. The molecule has 3 rings (SSSR count). The first-order valence-electron chi connectivity index (χ1n) is 14.6. The fourth-order valence-corrected chi connectivity index (χ4v) is 4.32. The smallest absolute Gasteiger partial charge is 0.326 e. The standard InChI is InChI=1S/C29H35N9O10/c1-14(2-11-22(41)42)33-20(39)9-7-18(27(45)46)35-21(40)10-8-19(28(47)48)36-25(43)15-3-5-16(6-4-15)31-12-17-13-32-24-23(34-17)26(44)38-29(30)37-24/h3-6,13-14,18-19,31H,2,7-12H2,1H3,(H,33,39)(H,35,40)(H,36,43)(H,41,42)(H,45,46)(H,47,48)(H3,30,32,37,38,44)/t14-,18-,19+/m1/s1. The van der Waals surface area contributed by atoms with Gasteiger partial charge in [0.2, 0.25) is 17.8 Å². The van der Waals surface area contributed by atoms with Crippen molar-refractivity contribution in [3.05, 3.63) is 52.1 Å². The van der Waals surface area contributed by atoms with Crippen LogP contribution in [0.5, 0.6) is 0 Å². The second kappa shape index (κ2) is 17.0. The number of carbonyl (C=O) groups excluding carboxylic acids is 3. The van der Waals surface area contributed by atoms with Gasteiger partial charge in [-0.25, -0.2) is 19.6 Å². The first kappa shape index (κ1) is 36.3. The van der Waals surface area contributed by atoms with E-state index in [0.717, 1.165) is 0 Å². The van der Waals surface area contributed by atoms with Crippen molar-refractivity contribution < 1.29 is 44.1 Å². The summed E-state index contributed by atoms with van der Waals surface area (Å²) in [6, 6.07) is 2.64. The molecule has 0 aliphatic heterocycles. The number of carbonyl (C=O) groups is 6. The molecule has 48 heavy (non-hydrogen) atoms. The van der Waals surface area contributed by atoms with E-state index in [-0.39, 0.29) is 61.3 Å². The van der Waals surface area contributed by atoms with E-state index in [4.69, 9.17) is 10.8 Å². The van der Waals surface area contributed by atoms with Crippen LogP contribution >= 0.6 is 0 Å². The number of aromatic nitrogens is 4. The molecule has 0 aliphatic carbocycles. The second-order valence-corrected chi connectivity index (χ2v) is 10.7. The number of nitrogens with one attached hydrogen (secondary N) is 5. The van der Waals surface area contributed by atoms with Crippen LogP contribution in [-0.2, 0) is 30.5 Å². The average molecular weight is 670 g/mol. The lowest BCUT2D eigenvalue weighted by atomic mass is 10.1. The van der Waals surface area contributed by atoms with E-state index in [9.17, 15) is 43.8 Å². The van der Waals surface area contributed by atoms with E-state index in [1.807, 2.05) is 0 Å². The van der Waals surface area contributed by atoms with Gasteiger partial charge >= 0.3 is 17.9 Å². The largest absolute Gasteiger partial charge is 0.481 e. The van der Waals surface area contributed by atoms with Crippen LogP contribution in [0.15, 0.2) is 35.3 Å². The van der Waals surface area contributed by atoms with Gasteiger partial charge in [-0.05, 0) is 50.5 Å². The van der Waals surface area contributed by atoms with Gasteiger partial charge in [0.05, 0.1) is 18.4 Å². The summed E-state index contributed by atoms with van der Waals surface area (Å²) in [7, 11) is 0. The lowest BCUT2D eigenvalue weighted by Gasteiger charge is -2.18. The molecule has 0 bridgehead atoms. The highest BCUT2D eigenvalue weighted by Crippen LogP contribution is 2.13. The van der Waals surface area contributed by atoms with Crippen molar-refractivity contribution in [2.75, 3.05) is 11.1 Å². The second-order valence-electron chi connectivity index (χ2n) is 10.7. The molecular formula is C29H35N9O10. The van der Waals surface area contributed by atoms with Crippen molar-refractivity contribution in [1.82, 2.24) is 35.9 Å². The number of benzene rings is 1. The lowest BCUT2D eigenvalue weighted by molar-refractivity contribution is -0.143. The number of carboxylic acids is 3. The van der Waals surface area contributed by atoms with E-state index < -0.39 is 65.7 Å². The Balaban J connectivity index is 1.48. The summed E-state index contributed by atoms with van der Waals surface area (Å²) in [6.45, 7) is 1.78. The van der Waals surface area contributed by atoms with Gasteiger partial charge in [-0.1, -0.05) is 0 Å². The van der Waals surface area contributed by atoms with Gasteiger partial charge in [-0.15, -0.1) is 0 Å². The van der Waals surface area contributed by atoms with E-state index in [1.165, 1.54) is 18.3 Å². The van der Waals surface area contributed by atoms with E-state index >= 15 is 0 Å². The summed E-state index contributed by atoms with van der Waals surface area (Å²) < 4.78 is 0. The number of nitrogens with zero attached hydrogens (tertiary/aromatic N) is 3. The van der Waals surface area contributed by atoms with Gasteiger partial charge in [-0.3, -0.25) is 29.0 Å². The average Bonchev–Trinajstić information content (AvgIpc) is 3.02. The van der Waals surface area contributed by atoms with Crippen LogP contribution in [0.1, 0.15) is 61.5 Å². The number of hydrogen-bond donors (Lipinski definition) is 9. The van der Waals surface area contributed by atoms with Crippen molar-refractivity contribution in [2.24, 2.45) is 0 Å².